The van der Waals surface area contributed by atoms with E-state index in [1.165, 1.54) is 12.2 Å². The number of hydrogen-bond acceptors (Lipinski definition) is 6. The van der Waals surface area contributed by atoms with Gasteiger partial charge in [0.25, 0.3) is 0 Å². The Labute approximate surface area is 152 Å². The summed E-state index contributed by atoms with van der Waals surface area (Å²) < 4.78 is 10.8. The number of ether oxygens (including phenoxy) is 2. The Kier molecular flexibility index (Phi) is 5.97. The number of aliphatic hydroxyl groups is 1. The Morgan fingerprint density at radius 3 is 2.62 bits per heavy atom. The number of carbonyl (C=O) groups excluding carboxylic acids is 3. The molecule has 1 aliphatic heterocycles. The van der Waals surface area contributed by atoms with Crippen LogP contribution < -0.4 is 0 Å². The zero-order valence-electron chi connectivity index (χ0n) is 15.4. The highest BCUT2D eigenvalue weighted by Crippen LogP contribution is 2.36. The van der Waals surface area contributed by atoms with Crippen LogP contribution in [0.5, 0.6) is 0 Å². The fourth-order valence-corrected chi connectivity index (χ4v) is 3.16. The molecule has 1 aliphatic carbocycles. The van der Waals surface area contributed by atoms with Gasteiger partial charge in [-0.15, -0.1) is 0 Å². The van der Waals surface area contributed by atoms with Gasteiger partial charge in [0.1, 0.15) is 18.3 Å². The number of fused-ring (bicyclic) bond motifs is 1. The van der Waals surface area contributed by atoms with E-state index in [1.54, 1.807) is 33.8 Å². The first kappa shape index (κ1) is 19.8. The molecule has 1 heterocycles. The van der Waals surface area contributed by atoms with E-state index in [9.17, 15) is 19.5 Å². The lowest BCUT2D eigenvalue weighted by atomic mass is 9.83. The maximum atomic E-state index is 12.2. The molecular formula is C20H24O6. The van der Waals surface area contributed by atoms with Gasteiger partial charge >= 0.3 is 11.9 Å². The molecule has 0 aromatic carbocycles. The lowest BCUT2D eigenvalue weighted by Crippen LogP contribution is -2.42. The van der Waals surface area contributed by atoms with Crippen LogP contribution in [0, 0.1) is 5.92 Å². The summed E-state index contributed by atoms with van der Waals surface area (Å²) in [6.07, 6.45) is 1.65. The molecule has 0 unspecified atom stereocenters. The predicted octanol–water partition coefficient (Wildman–Crippen LogP) is 2.19. The second-order valence-electron chi connectivity index (χ2n) is 6.77. The van der Waals surface area contributed by atoms with Gasteiger partial charge in [-0.3, -0.25) is 4.79 Å². The average molecular weight is 360 g/mol. The monoisotopic (exact) mass is 360 g/mol. The van der Waals surface area contributed by atoms with Crippen LogP contribution in [0.4, 0.5) is 0 Å². The molecule has 2 rings (SSSR count). The second-order valence-corrected chi connectivity index (χ2v) is 6.77. The van der Waals surface area contributed by atoms with Crippen molar-refractivity contribution in [2.24, 2.45) is 5.92 Å². The van der Waals surface area contributed by atoms with Crippen molar-refractivity contribution in [3.8, 4) is 0 Å². The average Bonchev–Trinajstić information content (AvgIpc) is 2.83. The van der Waals surface area contributed by atoms with E-state index in [4.69, 9.17) is 9.47 Å². The van der Waals surface area contributed by atoms with Gasteiger partial charge in [-0.1, -0.05) is 18.2 Å². The van der Waals surface area contributed by atoms with Gasteiger partial charge in [0.2, 0.25) is 0 Å². The third-order valence-corrected chi connectivity index (χ3v) is 4.72. The van der Waals surface area contributed by atoms with E-state index < -0.39 is 36.2 Å². The molecule has 2 aliphatic rings. The predicted molar refractivity (Wildman–Crippen MR) is 95.0 cm³/mol. The van der Waals surface area contributed by atoms with E-state index in [-0.39, 0.29) is 11.4 Å². The first-order chi connectivity index (χ1) is 12.1. The number of carbonyl (C=O) groups is 3. The summed E-state index contributed by atoms with van der Waals surface area (Å²) in [5.74, 6) is -2.20. The summed E-state index contributed by atoms with van der Waals surface area (Å²) in [7, 11) is 0. The van der Waals surface area contributed by atoms with E-state index in [2.05, 4.69) is 6.58 Å². The molecular weight excluding hydrogens is 336 g/mol. The molecule has 0 aromatic rings. The highest BCUT2D eigenvalue weighted by Gasteiger charge is 2.47. The lowest BCUT2D eigenvalue weighted by Gasteiger charge is -2.31. The molecule has 0 amide bonds. The smallest absolute Gasteiger partial charge is 0.334 e. The van der Waals surface area contributed by atoms with Crippen molar-refractivity contribution in [2.75, 3.05) is 0 Å². The standard InChI is InChI=1S/C20H24O6/c1-6-11(3)19(23)26-18-12(4)9-14(21)7-10(2)8-15-16(17(18)22)13(5)20(24)25-15/h6-7,9,15-18,22H,5,8H2,1-4H3/b10-7-,11-6-,12-9-/t15-,16+,17-,18-/m1/s1. The maximum absolute atomic E-state index is 12.2. The lowest BCUT2D eigenvalue weighted by molar-refractivity contribution is -0.151. The van der Waals surface area contributed by atoms with Crippen molar-refractivity contribution >= 4 is 17.7 Å². The normalized spacial score (nSPS) is 34.2. The van der Waals surface area contributed by atoms with Crippen molar-refractivity contribution in [2.45, 2.75) is 52.4 Å². The fourth-order valence-electron chi connectivity index (χ4n) is 3.16. The second kappa shape index (κ2) is 7.83. The molecule has 0 bridgehead atoms. The molecule has 0 radical (unpaired) electrons. The first-order valence-electron chi connectivity index (χ1n) is 8.46. The highest BCUT2D eigenvalue weighted by atomic mass is 16.6. The van der Waals surface area contributed by atoms with Crippen LogP contribution >= 0.6 is 0 Å². The molecule has 0 saturated carbocycles. The van der Waals surface area contributed by atoms with Gasteiger partial charge in [0.05, 0.1) is 5.92 Å². The van der Waals surface area contributed by atoms with Crippen LogP contribution in [-0.4, -0.2) is 41.1 Å². The largest absolute Gasteiger partial charge is 0.458 e. The molecule has 6 heteroatoms. The van der Waals surface area contributed by atoms with E-state index in [1.807, 2.05) is 0 Å². The topological polar surface area (TPSA) is 89.9 Å². The Hall–Kier alpha value is -2.47. The quantitative estimate of drug-likeness (QED) is 0.600. The Morgan fingerprint density at radius 2 is 2.00 bits per heavy atom. The number of ketones is 1. The fraction of sp³-hybridized carbons (Fsp3) is 0.450. The third-order valence-electron chi connectivity index (χ3n) is 4.72. The Morgan fingerprint density at radius 1 is 1.35 bits per heavy atom. The van der Waals surface area contributed by atoms with Crippen molar-refractivity contribution in [1.29, 1.82) is 0 Å². The highest BCUT2D eigenvalue weighted by molar-refractivity contribution is 6.00. The molecule has 0 spiro atoms. The summed E-state index contributed by atoms with van der Waals surface area (Å²) in [4.78, 5) is 36.3. The molecule has 6 nitrogen and oxygen atoms in total. The SMILES string of the molecule is C=C1C(=O)O[C@@H]2C/C(C)=C\C(=O)/C=C(/C)[C@@H](OC(=O)/C(C)=C\C)[C@H](O)[C@@H]12. The van der Waals surface area contributed by atoms with Gasteiger partial charge in [-0.05, 0) is 45.4 Å². The summed E-state index contributed by atoms with van der Waals surface area (Å²) in [5, 5.41) is 10.9. The van der Waals surface area contributed by atoms with E-state index in [0.717, 1.165) is 5.57 Å². The maximum Gasteiger partial charge on any atom is 0.334 e. The van der Waals surface area contributed by atoms with Gasteiger partial charge in [0.15, 0.2) is 5.78 Å². The molecule has 26 heavy (non-hydrogen) atoms. The third kappa shape index (κ3) is 4.02. The number of aliphatic hydroxyl groups excluding tert-OH is 1. The van der Waals surface area contributed by atoms with Crippen LogP contribution in [0.3, 0.4) is 0 Å². The van der Waals surface area contributed by atoms with Crippen molar-refractivity contribution in [1.82, 2.24) is 0 Å². The molecule has 1 fully saturated rings. The zero-order valence-corrected chi connectivity index (χ0v) is 15.4. The number of esters is 2. The minimum absolute atomic E-state index is 0.138. The first-order valence-corrected chi connectivity index (χ1v) is 8.46. The minimum atomic E-state index is -1.26. The van der Waals surface area contributed by atoms with Crippen LogP contribution in [0.15, 0.2) is 47.1 Å². The van der Waals surface area contributed by atoms with Gasteiger partial charge in [-0.2, -0.15) is 0 Å². The van der Waals surface area contributed by atoms with Gasteiger partial charge < -0.3 is 14.6 Å². The van der Waals surface area contributed by atoms with Gasteiger partial charge in [0, 0.05) is 17.6 Å². The molecule has 0 aromatic heterocycles. The van der Waals surface area contributed by atoms with Crippen molar-refractivity contribution < 1.29 is 29.0 Å². The summed E-state index contributed by atoms with van der Waals surface area (Å²) in [6.45, 7) is 10.4. The molecule has 1 saturated heterocycles. The minimum Gasteiger partial charge on any atom is -0.458 e. The Bertz CT molecular complexity index is 739. The van der Waals surface area contributed by atoms with Crippen LogP contribution in [0.1, 0.15) is 34.1 Å². The number of allylic oxidation sites excluding steroid dienone is 3. The van der Waals surface area contributed by atoms with E-state index >= 15 is 0 Å². The summed E-state index contributed by atoms with van der Waals surface area (Å²) >= 11 is 0. The van der Waals surface area contributed by atoms with E-state index in [0.29, 0.717) is 17.6 Å². The summed E-state index contributed by atoms with van der Waals surface area (Å²) in [5.41, 5.74) is 1.62. The van der Waals surface area contributed by atoms with Crippen LogP contribution in [-0.2, 0) is 23.9 Å². The van der Waals surface area contributed by atoms with Crippen molar-refractivity contribution in [3.63, 3.8) is 0 Å². The van der Waals surface area contributed by atoms with Crippen LogP contribution in [0.2, 0.25) is 0 Å². The molecule has 1 N–H and O–H groups in total. The number of rotatable bonds is 2. The van der Waals surface area contributed by atoms with Gasteiger partial charge in [-0.25, -0.2) is 9.59 Å². The number of hydrogen-bond donors (Lipinski definition) is 1. The molecule has 4 atom stereocenters. The van der Waals surface area contributed by atoms with Crippen LogP contribution in [0.25, 0.3) is 0 Å². The summed E-state index contributed by atoms with van der Waals surface area (Å²) in [6, 6.07) is 0. The van der Waals surface area contributed by atoms with Crippen molar-refractivity contribution in [3.05, 3.63) is 47.1 Å². The molecule has 140 valence electrons. The Balaban J connectivity index is 2.48. The zero-order chi connectivity index (χ0) is 19.6.